The van der Waals surface area contributed by atoms with Gasteiger partial charge in [-0.2, -0.15) is 43.2 Å². The monoisotopic (exact) mass is 671 g/mol. The molecule has 1 N–H and O–H groups in total. The van der Waals surface area contributed by atoms with Gasteiger partial charge in [0, 0.05) is 0 Å². The second-order valence-electron chi connectivity index (χ2n) is 9.16. The number of ether oxygens (including phenoxy) is 1. The first-order valence-corrected chi connectivity index (χ1v) is 14.9. The van der Waals surface area contributed by atoms with Gasteiger partial charge in [0.05, 0.1) is 19.0 Å². The van der Waals surface area contributed by atoms with Gasteiger partial charge >= 0.3 is 37.1 Å². The Kier molecular flexibility index (Phi) is 8.62. The van der Waals surface area contributed by atoms with Gasteiger partial charge in [0.15, 0.2) is 5.70 Å². The van der Waals surface area contributed by atoms with Crippen LogP contribution in [0.25, 0.3) is 0 Å². The summed E-state index contributed by atoms with van der Waals surface area (Å²) in [5.41, 5.74) is -13.6. The number of halogens is 6. The molecule has 0 radical (unpaired) electrons. The zero-order valence-electron chi connectivity index (χ0n) is 21.7. The number of esters is 1. The summed E-state index contributed by atoms with van der Waals surface area (Å²) in [4.78, 5) is 39.0. The second-order valence-corrected chi connectivity index (χ2v) is 12.6. The fourth-order valence-electron chi connectivity index (χ4n) is 4.19. The number of carbonyl (C=O) groups excluding carboxylic acids is 3. The van der Waals surface area contributed by atoms with Crippen LogP contribution in [0.5, 0.6) is 0 Å². The fraction of sp³-hybridized carbons (Fsp3) is 0.292. The van der Waals surface area contributed by atoms with E-state index < -0.39 is 90.1 Å². The van der Waals surface area contributed by atoms with Crippen molar-refractivity contribution in [3.63, 3.8) is 0 Å². The van der Waals surface area contributed by atoms with E-state index in [2.05, 4.69) is 9.50 Å². The minimum atomic E-state index is -6.92. The Labute approximate surface area is 245 Å². The van der Waals surface area contributed by atoms with E-state index in [-0.39, 0.29) is 16.9 Å². The van der Waals surface area contributed by atoms with Gasteiger partial charge in [-0.1, -0.05) is 60.7 Å². The van der Waals surface area contributed by atoms with E-state index in [4.69, 9.17) is 4.74 Å². The number of amides is 2. The van der Waals surface area contributed by atoms with Crippen LogP contribution in [0.2, 0.25) is 0 Å². The normalized spacial score (nSPS) is 19.2. The molecule has 12 nitrogen and oxygen atoms in total. The van der Waals surface area contributed by atoms with Crippen LogP contribution in [0.15, 0.2) is 72.2 Å². The average molecular weight is 672 g/mol. The number of nitrogens with one attached hydrogen (secondary N) is 1. The Bertz CT molecular complexity index is 1700. The predicted octanol–water partition coefficient (Wildman–Crippen LogP) is 1.87. The van der Waals surface area contributed by atoms with Gasteiger partial charge in [-0.25, -0.2) is 9.10 Å². The number of alkyl halides is 6. The number of fused-ring (bicyclic) bond motifs is 1. The number of carbonyl (C=O) groups is 3. The molecule has 2 atom stereocenters. The third-order valence-corrected chi connectivity index (χ3v) is 8.65. The van der Waals surface area contributed by atoms with Gasteiger partial charge in [0.2, 0.25) is 5.91 Å². The van der Waals surface area contributed by atoms with Crippen molar-refractivity contribution >= 4 is 37.9 Å². The maximum Gasteiger partial charge on any atom is 0.534 e. The first-order chi connectivity index (χ1) is 20.3. The summed E-state index contributed by atoms with van der Waals surface area (Å²) in [7, 11) is -13.7. The molecule has 238 valence electrons. The first-order valence-electron chi connectivity index (χ1n) is 12.1. The number of rotatable bonds is 9. The zero-order valence-corrected chi connectivity index (χ0v) is 23.3. The van der Waals surface area contributed by atoms with Gasteiger partial charge in [-0.05, 0) is 11.1 Å². The van der Waals surface area contributed by atoms with Gasteiger partial charge < -0.3 is 14.2 Å². The molecular weight excluding hydrogens is 652 g/mol. The van der Waals surface area contributed by atoms with Crippen LogP contribution >= 0.6 is 0 Å². The molecule has 2 aromatic carbocycles. The third kappa shape index (κ3) is 6.30. The number of hydrogen-bond donors (Lipinski definition) is 1. The van der Waals surface area contributed by atoms with Crippen molar-refractivity contribution in [2.24, 2.45) is 0 Å². The van der Waals surface area contributed by atoms with E-state index >= 15 is 0 Å². The van der Waals surface area contributed by atoms with E-state index in [0.717, 1.165) is 0 Å². The zero-order chi connectivity index (χ0) is 32.7. The Morgan fingerprint density at radius 1 is 0.864 bits per heavy atom. The smallest absolute Gasteiger partial charge is 0.456 e. The number of sulfonamides is 1. The highest BCUT2D eigenvalue weighted by atomic mass is 32.2. The minimum absolute atomic E-state index is 0.213. The number of benzene rings is 2. The predicted molar refractivity (Wildman–Crippen MR) is 134 cm³/mol. The van der Waals surface area contributed by atoms with Gasteiger partial charge in [0.1, 0.15) is 12.6 Å². The maximum absolute atomic E-state index is 13.7. The number of hydrogen-bond acceptors (Lipinski definition) is 9. The van der Waals surface area contributed by atoms with Crippen LogP contribution in [0.3, 0.4) is 0 Å². The molecule has 0 unspecified atom stereocenters. The first kappa shape index (κ1) is 32.6. The average Bonchev–Trinajstić information content (AvgIpc) is 2.94. The molecule has 4 rings (SSSR count). The Balaban J connectivity index is 1.79. The SMILES string of the molecule is O=C(Cc1ccccc1)N[C@H]1C(=O)N2C(C(=O)OCc3ccccc3)=C(OS(=O)(=O)C(F)(F)F)N(S(=O)(=O)C(F)(F)F)C[C@@H]12. The topological polar surface area (TPSA) is 156 Å². The molecule has 0 saturated carbocycles. The molecule has 2 aromatic rings. The van der Waals surface area contributed by atoms with Crippen molar-refractivity contribution in [3.05, 3.63) is 83.4 Å². The van der Waals surface area contributed by atoms with Crippen molar-refractivity contribution in [3.8, 4) is 0 Å². The largest absolute Gasteiger partial charge is 0.534 e. The number of β-lactam (4-membered cyclic amide) rings is 1. The Hall–Kier alpha value is -4.33. The molecule has 1 fully saturated rings. The summed E-state index contributed by atoms with van der Waals surface area (Å²) in [6.45, 7) is -2.26. The van der Waals surface area contributed by atoms with E-state index in [0.29, 0.717) is 5.56 Å². The molecule has 1 saturated heterocycles. The molecule has 44 heavy (non-hydrogen) atoms. The summed E-state index contributed by atoms with van der Waals surface area (Å²) in [6.07, 6.45) is -0.345. The van der Waals surface area contributed by atoms with E-state index in [9.17, 15) is 57.6 Å². The molecule has 0 aliphatic carbocycles. The van der Waals surface area contributed by atoms with E-state index in [1.165, 1.54) is 36.4 Å². The number of nitrogens with zero attached hydrogens (tertiary/aromatic N) is 2. The summed E-state index contributed by atoms with van der Waals surface area (Å²) < 4.78 is 137. The van der Waals surface area contributed by atoms with Gasteiger partial charge in [-0.15, -0.1) is 0 Å². The molecule has 2 amide bonds. The van der Waals surface area contributed by atoms with Crippen LogP contribution in [-0.4, -0.2) is 73.5 Å². The van der Waals surface area contributed by atoms with E-state index in [1.54, 1.807) is 24.3 Å². The lowest BCUT2D eigenvalue weighted by Gasteiger charge is -2.51. The van der Waals surface area contributed by atoms with Gasteiger partial charge in [0.25, 0.3) is 11.8 Å². The summed E-state index contributed by atoms with van der Waals surface area (Å²) in [5.74, 6) is -6.37. The molecule has 0 bridgehead atoms. The van der Waals surface area contributed by atoms with Gasteiger partial charge in [-0.3, -0.25) is 14.5 Å². The fourth-order valence-corrected chi connectivity index (χ4v) is 5.65. The van der Waals surface area contributed by atoms with Crippen molar-refractivity contribution in [1.82, 2.24) is 14.5 Å². The van der Waals surface area contributed by atoms with Crippen molar-refractivity contribution in [2.75, 3.05) is 6.54 Å². The molecule has 0 aromatic heterocycles. The second kappa shape index (κ2) is 11.6. The standard InChI is InChI=1S/C24H19F6N3O9S2/c25-23(26,27)43(37,38)32-12-16-18(31-17(34)11-14-7-3-1-4-8-14)20(35)33(16)19(21(32)42-44(39,40)24(28,29)30)22(36)41-13-15-9-5-2-6-10-15/h1-10,16,18H,11-13H2,(H,31,34)/t16-,18+/m0/s1. The highest BCUT2D eigenvalue weighted by Gasteiger charge is 2.63. The van der Waals surface area contributed by atoms with Crippen molar-refractivity contribution in [2.45, 2.75) is 36.1 Å². The lowest BCUT2D eigenvalue weighted by Crippen LogP contribution is -2.75. The highest BCUT2D eigenvalue weighted by molar-refractivity contribution is 7.90. The summed E-state index contributed by atoms with van der Waals surface area (Å²) in [6, 6.07) is 11.5. The molecule has 2 heterocycles. The Morgan fingerprint density at radius 3 is 1.93 bits per heavy atom. The molecule has 0 spiro atoms. The lowest BCUT2D eigenvalue weighted by atomic mass is 9.91. The van der Waals surface area contributed by atoms with Crippen LogP contribution in [0, 0.1) is 0 Å². The van der Waals surface area contributed by atoms with Crippen LogP contribution in [-0.2, 0) is 56.5 Å². The van der Waals surface area contributed by atoms with E-state index in [1.807, 2.05) is 0 Å². The minimum Gasteiger partial charge on any atom is -0.456 e. The Morgan fingerprint density at radius 2 is 1.41 bits per heavy atom. The third-order valence-electron chi connectivity index (χ3n) is 6.23. The maximum atomic E-state index is 13.7. The molecular formula is C24H19F6N3O9S2. The van der Waals surface area contributed by atoms with Crippen molar-refractivity contribution in [1.29, 1.82) is 0 Å². The van der Waals surface area contributed by atoms with Crippen LogP contribution in [0.1, 0.15) is 11.1 Å². The molecule has 20 heteroatoms. The highest BCUT2D eigenvalue weighted by Crippen LogP contribution is 2.42. The van der Waals surface area contributed by atoms with Crippen molar-refractivity contribution < 1.29 is 66.5 Å². The van der Waals surface area contributed by atoms with Crippen LogP contribution in [0.4, 0.5) is 26.3 Å². The summed E-state index contributed by atoms with van der Waals surface area (Å²) in [5, 5.41) is 2.18. The summed E-state index contributed by atoms with van der Waals surface area (Å²) >= 11 is 0. The molecule has 2 aliphatic heterocycles. The quantitative estimate of drug-likeness (QED) is 0.138. The molecule has 2 aliphatic rings. The lowest BCUT2D eigenvalue weighted by molar-refractivity contribution is -0.160. The van der Waals surface area contributed by atoms with Crippen LogP contribution < -0.4 is 5.32 Å².